The van der Waals surface area contributed by atoms with Gasteiger partial charge in [0.1, 0.15) is 0 Å². The summed E-state index contributed by atoms with van der Waals surface area (Å²) in [6.07, 6.45) is 0. The molecule has 1 aliphatic rings. The highest BCUT2D eigenvalue weighted by Gasteiger charge is 2.16. The van der Waals surface area contributed by atoms with Crippen LogP contribution in [0.4, 0.5) is 0 Å². The molecule has 0 amide bonds. The molecule has 0 aromatic carbocycles. The van der Waals surface area contributed by atoms with Gasteiger partial charge < -0.3 is 9.47 Å². The van der Waals surface area contributed by atoms with Crippen molar-refractivity contribution >= 4 is 5.97 Å². The van der Waals surface area contributed by atoms with Crippen LogP contribution >= 0.6 is 0 Å². The monoisotopic (exact) mass is 100 g/mol. The molecule has 0 aromatic heterocycles. The molecular formula is C4H4O3. The second-order valence-electron chi connectivity index (χ2n) is 1.12. The van der Waals surface area contributed by atoms with Gasteiger partial charge >= 0.3 is 5.97 Å². The smallest absolute Gasteiger partial charge is 0.375 e. The third-order valence-electron chi connectivity index (χ3n) is 0.651. The lowest BCUT2D eigenvalue weighted by Crippen LogP contribution is -1.91. The Labute approximate surface area is 40.5 Å². The van der Waals surface area contributed by atoms with Crippen LogP contribution in [-0.4, -0.2) is 12.8 Å². The number of cyclic esters (lactones) is 1. The molecule has 0 atom stereocenters. The molecule has 1 fully saturated rings. The van der Waals surface area contributed by atoms with E-state index in [9.17, 15) is 4.79 Å². The zero-order chi connectivity index (χ0) is 5.28. The molecule has 0 radical (unpaired) electrons. The lowest BCUT2D eigenvalue weighted by atomic mass is 10.6. The predicted octanol–water partition coefficient (Wildman–Crippen LogP) is 0.0310. The summed E-state index contributed by atoms with van der Waals surface area (Å²) in [6, 6.07) is 0. The maximum atomic E-state index is 10.1. The van der Waals surface area contributed by atoms with Crippen molar-refractivity contribution in [3.63, 3.8) is 0 Å². The average molecular weight is 100 g/mol. The van der Waals surface area contributed by atoms with E-state index in [0.717, 1.165) is 0 Å². The summed E-state index contributed by atoms with van der Waals surface area (Å²) in [5, 5.41) is 0. The van der Waals surface area contributed by atoms with Crippen molar-refractivity contribution in [1.29, 1.82) is 0 Å². The average Bonchev–Trinajstić information content (AvgIpc) is 1.91. The van der Waals surface area contributed by atoms with Crippen molar-refractivity contribution in [2.75, 3.05) is 6.79 Å². The second-order valence-corrected chi connectivity index (χ2v) is 1.12. The van der Waals surface area contributed by atoms with Crippen LogP contribution in [0.25, 0.3) is 0 Å². The van der Waals surface area contributed by atoms with Gasteiger partial charge in [-0.05, 0) is 6.58 Å². The first-order chi connectivity index (χ1) is 3.30. The summed E-state index contributed by atoms with van der Waals surface area (Å²) >= 11 is 0. The van der Waals surface area contributed by atoms with Crippen molar-refractivity contribution < 1.29 is 14.3 Å². The van der Waals surface area contributed by atoms with Crippen molar-refractivity contribution in [1.82, 2.24) is 0 Å². The highest BCUT2D eigenvalue weighted by Crippen LogP contribution is 2.04. The minimum atomic E-state index is -0.458. The minimum Gasteiger partial charge on any atom is -0.450 e. The van der Waals surface area contributed by atoms with Crippen LogP contribution in [0.1, 0.15) is 0 Å². The fraction of sp³-hybridized carbons (Fsp3) is 0.250. The highest BCUT2D eigenvalue weighted by atomic mass is 16.7. The van der Waals surface area contributed by atoms with Crippen molar-refractivity contribution in [2.45, 2.75) is 0 Å². The Morgan fingerprint density at radius 3 is 2.43 bits per heavy atom. The van der Waals surface area contributed by atoms with E-state index in [-0.39, 0.29) is 12.6 Å². The normalized spacial score (nSPS) is 18.9. The maximum absolute atomic E-state index is 10.1. The molecule has 3 heteroatoms. The maximum Gasteiger partial charge on any atom is 0.375 e. The number of hydrogen-bond acceptors (Lipinski definition) is 3. The standard InChI is InChI=1S/C4H4O3/c1-3-4(5)7-2-6-3/h1-2H2. The number of esters is 1. The molecule has 0 aliphatic carbocycles. The first kappa shape index (κ1) is 4.18. The third-order valence-corrected chi connectivity index (χ3v) is 0.651. The number of ether oxygens (including phenoxy) is 2. The first-order valence-electron chi connectivity index (χ1n) is 1.79. The van der Waals surface area contributed by atoms with Gasteiger partial charge in [-0.15, -0.1) is 0 Å². The Hall–Kier alpha value is -0.990. The second kappa shape index (κ2) is 1.26. The van der Waals surface area contributed by atoms with Gasteiger partial charge in [0, 0.05) is 0 Å². The Morgan fingerprint density at radius 1 is 1.57 bits per heavy atom. The molecule has 0 unspecified atom stereocenters. The van der Waals surface area contributed by atoms with Crippen LogP contribution in [0.2, 0.25) is 0 Å². The van der Waals surface area contributed by atoms with Crippen LogP contribution in [-0.2, 0) is 14.3 Å². The number of hydrogen-bond donors (Lipinski definition) is 0. The van der Waals surface area contributed by atoms with E-state index < -0.39 is 5.97 Å². The SMILES string of the molecule is C=C1OCOC1=O. The number of carbonyl (C=O) groups excluding carboxylic acids is 1. The summed E-state index contributed by atoms with van der Waals surface area (Å²) < 4.78 is 8.80. The zero-order valence-electron chi connectivity index (χ0n) is 3.64. The molecule has 0 saturated carbocycles. The van der Waals surface area contributed by atoms with E-state index in [1.165, 1.54) is 0 Å². The Morgan fingerprint density at radius 2 is 2.29 bits per heavy atom. The van der Waals surface area contributed by atoms with Crippen LogP contribution in [0.5, 0.6) is 0 Å². The molecule has 1 rings (SSSR count). The molecule has 0 aromatic rings. The molecule has 1 saturated heterocycles. The van der Waals surface area contributed by atoms with Gasteiger partial charge in [-0.3, -0.25) is 0 Å². The highest BCUT2D eigenvalue weighted by molar-refractivity contribution is 5.86. The number of carbonyl (C=O) groups is 1. The van der Waals surface area contributed by atoms with E-state index in [2.05, 4.69) is 16.1 Å². The molecular weight excluding hydrogens is 96.0 g/mol. The quantitative estimate of drug-likeness (QED) is 0.318. The van der Waals surface area contributed by atoms with Crippen molar-refractivity contribution in [3.05, 3.63) is 12.3 Å². The van der Waals surface area contributed by atoms with Gasteiger partial charge in [-0.2, -0.15) is 0 Å². The Kier molecular flexibility index (Phi) is 0.749. The Balaban J connectivity index is 2.65. The van der Waals surface area contributed by atoms with Crippen molar-refractivity contribution in [2.24, 2.45) is 0 Å². The van der Waals surface area contributed by atoms with Gasteiger partial charge in [0.05, 0.1) is 0 Å². The van der Waals surface area contributed by atoms with E-state index in [1.54, 1.807) is 0 Å². The largest absolute Gasteiger partial charge is 0.450 e. The minimum absolute atomic E-state index is 0.0255. The van der Waals surface area contributed by atoms with Gasteiger partial charge in [-0.1, -0.05) is 0 Å². The topological polar surface area (TPSA) is 35.5 Å². The number of rotatable bonds is 0. The third kappa shape index (κ3) is 0.559. The molecule has 0 spiro atoms. The lowest BCUT2D eigenvalue weighted by molar-refractivity contribution is -0.135. The summed E-state index contributed by atoms with van der Waals surface area (Å²) in [6.45, 7) is 3.26. The summed E-state index contributed by atoms with van der Waals surface area (Å²) in [4.78, 5) is 10.1. The van der Waals surface area contributed by atoms with Crippen LogP contribution in [0, 0.1) is 0 Å². The lowest BCUT2D eigenvalue weighted by Gasteiger charge is -1.80. The molecule has 0 N–H and O–H groups in total. The summed E-state index contributed by atoms with van der Waals surface area (Å²) in [5.41, 5.74) is 0. The fourth-order valence-corrected chi connectivity index (χ4v) is 0.294. The zero-order valence-corrected chi connectivity index (χ0v) is 3.64. The van der Waals surface area contributed by atoms with E-state index in [0.29, 0.717) is 0 Å². The van der Waals surface area contributed by atoms with Crippen LogP contribution in [0.3, 0.4) is 0 Å². The van der Waals surface area contributed by atoms with Gasteiger partial charge in [0.25, 0.3) is 0 Å². The van der Waals surface area contributed by atoms with Gasteiger partial charge in [-0.25, -0.2) is 4.79 Å². The molecule has 7 heavy (non-hydrogen) atoms. The van der Waals surface area contributed by atoms with E-state index in [1.807, 2.05) is 0 Å². The van der Waals surface area contributed by atoms with Gasteiger partial charge in [0.2, 0.25) is 12.6 Å². The Bertz CT molecular complexity index is 102. The van der Waals surface area contributed by atoms with Crippen molar-refractivity contribution in [3.8, 4) is 0 Å². The molecule has 1 aliphatic heterocycles. The van der Waals surface area contributed by atoms with Crippen LogP contribution < -0.4 is 0 Å². The predicted molar refractivity (Wildman–Crippen MR) is 21.2 cm³/mol. The summed E-state index contributed by atoms with van der Waals surface area (Å²) in [7, 11) is 0. The van der Waals surface area contributed by atoms with Crippen LogP contribution in [0.15, 0.2) is 12.3 Å². The fourth-order valence-electron chi connectivity index (χ4n) is 0.294. The van der Waals surface area contributed by atoms with Gasteiger partial charge in [0.15, 0.2) is 0 Å². The van der Waals surface area contributed by atoms with E-state index >= 15 is 0 Å². The molecule has 0 bridgehead atoms. The molecule has 1 heterocycles. The van der Waals surface area contributed by atoms with E-state index in [4.69, 9.17) is 0 Å². The molecule has 38 valence electrons. The first-order valence-corrected chi connectivity index (χ1v) is 1.79. The molecule has 3 nitrogen and oxygen atoms in total. The summed E-state index contributed by atoms with van der Waals surface area (Å²) in [5.74, 6) is -0.361.